The van der Waals surface area contributed by atoms with Gasteiger partial charge in [-0.2, -0.15) is 0 Å². The Labute approximate surface area is 624 Å². The van der Waals surface area contributed by atoms with E-state index in [0.717, 1.165) is 23.7 Å². The Morgan fingerprint density at radius 2 is 1.31 bits per heavy atom. The number of carbonyl (C=O) groups is 8. The third-order valence-corrected chi connectivity index (χ3v) is 22.7. The second kappa shape index (κ2) is 38.1. The molecule has 4 heterocycles. The zero-order valence-corrected chi connectivity index (χ0v) is 61.7. The summed E-state index contributed by atoms with van der Waals surface area (Å²) in [6.07, 6.45) is 8.53. The summed E-state index contributed by atoms with van der Waals surface area (Å²) >= 11 is 0. The molecule has 10 rings (SSSR count). The van der Waals surface area contributed by atoms with Crippen molar-refractivity contribution in [2.24, 2.45) is 34.0 Å². The maximum atomic E-state index is 15.4. The van der Waals surface area contributed by atoms with E-state index >= 15 is 24.0 Å². The summed E-state index contributed by atoms with van der Waals surface area (Å²) in [6, 6.07) is 22.4. The number of phenols is 1. The minimum atomic E-state index is -3.75. The monoisotopic (exact) mass is 1490 g/mol. The number of aromatic nitrogens is 2. The molecule has 2 saturated heterocycles. The quantitative estimate of drug-likeness (QED) is 0.0249. The SMILES string of the molecule is C[C@@H](O)[C@@H]1NC(=O)[C@H](CCCCN)NC(=O)[C@@H](Cc2c[nH]c3ccccc23)NC(=O)[C@H](Cc2ccncc2)NC(=O)[C@H](Cc2ccccc2)NC(=O)[C@H](CCCN=C(N)N)NC(=O)[C@H](NCCS(=O)(=O)C[C@@H]2C[C@@H]3c4cccc5c4C(=CC5)C[C@H]3N(C)C2)CCCCNC(=O)[C@H](Cc2ccc(O)cc2)CC1=O. The van der Waals surface area contributed by atoms with Gasteiger partial charge in [0.25, 0.3) is 0 Å². The molecule has 7 amide bonds. The average Bonchev–Trinajstić information content (AvgIpc) is 1.71. The molecular weight excluding hydrogens is 1380 g/mol. The fraction of sp³-hybridized carbons (Fsp3) is 0.468. The molecule has 2 aliphatic heterocycles. The van der Waals surface area contributed by atoms with Gasteiger partial charge in [0.15, 0.2) is 21.6 Å². The largest absolute Gasteiger partial charge is 0.508 e. The number of ketones is 1. The second-order valence-corrected chi connectivity index (χ2v) is 31.2. The van der Waals surface area contributed by atoms with Gasteiger partial charge in [0.1, 0.15) is 42.0 Å². The third kappa shape index (κ3) is 22.4. The number of para-hydroxylation sites is 1. The Morgan fingerprint density at radius 1 is 0.682 bits per heavy atom. The number of Topliss-reactive ketones (excluding diaryl/α,β-unsaturated/α-hetero) is 1. The number of carbonyl (C=O) groups excluding carboxylic acids is 8. The first-order chi connectivity index (χ1) is 51.5. The van der Waals surface area contributed by atoms with E-state index in [-0.39, 0.29) is 131 Å². The summed E-state index contributed by atoms with van der Waals surface area (Å²) < 4.78 is 28.7. The second-order valence-electron chi connectivity index (χ2n) is 29.0. The van der Waals surface area contributed by atoms with Gasteiger partial charge in [-0.25, -0.2) is 8.42 Å². The molecule has 2 aromatic heterocycles. The molecule has 0 bridgehead atoms. The standard InChI is InChI=1S/C79H103N15O12S/c1-48(95)71-69(97)44-55(38-50-23-27-57(96)28-24-50)72(98)85-32-11-9-20-62(84-36-37-107(105,106)47-52-39-60-59-18-12-16-53-25-26-54(70(53)59)43-68(60)94(2)46-52)73(99)88-64(22-13-33-86-79(81)82)74(100)90-65(40-49-14-4-3-5-15-49)76(102)91-66(41-51-29-34-83-35-30-51)77(103)92-67(42-56-45-87-61-19-7-6-17-58(56)61)78(104)89-63(75(101)93-71)21-8-10-31-80/h3-7,12,14-19,23-24,26-30,34-35,45,48,52,55,60,62-68,71,84,87,95-96H,8-11,13,20-22,25,31-33,36-44,46-47,80H2,1-2H3,(H,85,98)(H,88,99)(H,89,104)(H,90,100)(H,91,102)(H,92,103)(H,93,101)(H4,81,82,86)/t48-,52-,55-,60-,62-,63+,64+,65+,66+,67-,68-,71+/m1/s1. The first kappa shape index (κ1) is 79.7. The van der Waals surface area contributed by atoms with Gasteiger partial charge in [-0.1, -0.05) is 84.9 Å². The number of benzene rings is 4. The van der Waals surface area contributed by atoms with Crippen molar-refractivity contribution in [1.82, 2.24) is 57.4 Å². The summed E-state index contributed by atoms with van der Waals surface area (Å²) in [5, 5.41) is 45.5. The Hall–Kier alpha value is -9.87. The Morgan fingerprint density at radius 3 is 2.00 bits per heavy atom. The molecule has 2 aliphatic carbocycles. The van der Waals surface area contributed by atoms with Crippen molar-refractivity contribution in [2.45, 2.75) is 170 Å². The van der Waals surface area contributed by atoms with Crippen LogP contribution in [0.3, 0.4) is 0 Å². The maximum absolute atomic E-state index is 15.4. The molecular formula is C79H103N15O12S. The van der Waals surface area contributed by atoms with E-state index in [4.69, 9.17) is 17.2 Å². The van der Waals surface area contributed by atoms with Crippen molar-refractivity contribution in [1.29, 1.82) is 0 Å². The van der Waals surface area contributed by atoms with Crippen LogP contribution in [0.4, 0.5) is 0 Å². The highest BCUT2D eigenvalue weighted by Crippen LogP contribution is 2.49. The highest BCUT2D eigenvalue weighted by atomic mass is 32.2. The van der Waals surface area contributed by atoms with Gasteiger partial charge in [0.05, 0.1) is 23.7 Å². The number of sulfone groups is 1. The van der Waals surface area contributed by atoms with Crippen molar-refractivity contribution >= 4 is 79.4 Å². The van der Waals surface area contributed by atoms with Gasteiger partial charge in [-0.15, -0.1) is 0 Å². The molecule has 0 radical (unpaired) electrons. The van der Waals surface area contributed by atoms with Crippen LogP contribution in [0.1, 0.15) is 122 Å². The van der Waals surface area contributed by atoms with Crippen LogP contribution in [-0.2, 0) is 80.3 Å². The number of piperidine rings is 1. The smallest absolute Gasteiger partial charge is 0.243 e. The fourth-order valence-corrected chi connectivity index (χ4v) is 16.9. The fourth-order valence-electron chi connectivity index (χ4n) is 15.3. The number of aliphatic hydroxyl groups is 1. The Balaban J connectivity index is 0.973. The van der Waals surface area contributed by atoms with Crippen LogP contribution >= 0.6 is 0 Å². The molecule has 0 saturated carbocycles. The number of pyridine rings is 1. The number of H-pyrrole nitrogens is 1. The van der Waals surface area contributed by atoms with Gasteiger partial charge >= 0.3 is 0 Å². The molecule has 4 aromatic carbocycles. The van der Waals surface area contributed by atoms with Crippen LogP contribution in [0.2, 0.25) is 0 Å². The lowest BCUT2D eigenvalue weighted by Gasteiger charge is -2.46. The van der Waals surface area contributed by atoms with Crippen LogP contribution in [-0.4, -0.2) is 192 Å². The van der Waals surface area contributed by atoms with E-state index in [2.05, 4.69) is 93.7 Å². The highest BCUT2D eigenvalue weighted by molar-refractivity contribution is 7.91. The van der Waals surface area contributed by atoms with Crippen molar-refractivity contribution in [3.05, 3.63) is 173 Å². The lowest BCUT2D eigenvalue weighted by Crippen LogP contribution is -2.61. The number of fused-ring (bicyclic) bond motifs is 3. The number of aliphatic hydroxyl groups excluding tert-OH is 1. The van der Waals surface area contributed by atoms with E-state index in [1.54, 1.807) is 60.8 Å². The van der Waals surface area contributed by atoms with Crippen molar-refractivity contribution in [2.75, 3.05) is 51.3 Å². The zero-order valence-electron chi connectivity index (χ0n) is 60.9. The van der Waals surface area contributed by atoms with E-state index in [0.29, 0.717) is 48.1 Å². The molecule has 2 fully saturated rings. The number of aromatic hydroxyl groups is 1. The zero-order chi connectivity index (χ0) is 76.2. The number of aromatic amines is 1. The van der Waals surface area contributed by atoms with Gasteiger partial charge < -0.3 is 79.8 Å². The summed E-state index contributed by atoms with van der Waals surface area (Å²) in [6.45, 7) is 2.08. The number of hydrogen-bond donors (Lipinski definition) is 14. The minimum absolute atomic E-state index is 0.000922. The maximum Gasteiger partial charge on any atom is 0.243 e. The van der Waals surface area contributed by atoms with Crippen LogP contribution in [0.5, 0.6) is 5.75 Å². The molecule has 0 unspecified atom stereocenters. The van der Waals surface area contributed by atoms with Crippen LogP contribution in [0.15, 0.2) is 139 Å². The number of phenolic OH excluding ortho intramolecular Hbond substituents is 1. The topological polar surface area (TPSA) is 430 Å². The van der Waals surface area contributed by atoms with E-state index < -0.39 is 118 Å². The summed E-state index contributed by atoms with van der Waals surface area (Å²) in [4.78, 5) is 134. The predicted molar refractivity (Wildman–Crippen MR) is 408 cm³/mol. The molecule has 12 atom stereocenters. The average molecular weight is 1490 g/mol. The lowest BCUT2D eigenvalue weighted by molar-refractivity contribution is -0.136. The summed E-state index contributed by atoms with van der Waals surface area (Å²) in [5.74, 6) is -7.82. The minimum Gasteiger partial charge on any atom is -0.508 e. The molecule has 6 aromatic rings. The summed E-state index contributed by atoms with van der Waals surface area (Å²) in [5.41, 5.74) is 25.7. The number of guanidine groups is 1. The number of unbranched alkanes of at least 4 members (excludes halogenated alkanes) is 1. The first-order valence-electron chi connectivity index (χ1n) is 37.3. The number of amides is 7. The lowest BCUT2D eigenvalue weighted by atomic mass is 9.70. The number of likely N-dealkylation sites (tertiary alicyclic amines) is 1. The van der Waals surface area contributed by atoms with Crippen molar-refractivity contribution in [3.8, 4) is 5.75 Å². The van der Waals surface area contributed by atoms with E-state index in [9.17, 15) is 33.0 Å². The van der Waals surface area contributed by atoms with Crippen molar-refractivity contribution in [3.63, 3.8) is 0 Å². The van der Waals surface area contributed by atoms with Crippen LogP contribution in [0, 0.1) is 11.8 Å². The van der Waals surface area contributed by atoms with Crippen LogP contribution < -0.4 is 59.7 Å². The normalized spacial score (nSPS) is 24.5. The molecule has 107 heavy (non-hydrogen) atoms. The van der Waals surface area contributed by atoms with E-state index in [1.165, 1.54) is 53.7 Å². The van der Waals surface area contributed by atoms with E-state index in [1.807, 2.05) is 24.3 Å². The molecule has 27 nitrogen and oxygen atoms in total. The highest BCUT2D eigenvalue weighted by Gasteiger charge is 2.43. The Kier molecular flexibility index (Phi) is 28.4. The van der Waals surface area contributed by atoms with Gasteiger partial charge in [0, 0.05) is 99.2 Å². The summed E-state index contributed by atoms with van der Waals surface area (Å²) in [7, 11) is -1.69. The number of likely N-dealkylation sites (N-methyl/N-ethyl adjacent to an activating group) is 1. The molecule has 572 valence electrons. The number of aliphatic imine (C=N–C) groups is 1. The van der Waals surface area contributed by atoms with Crippen molar-refractivity contribution < 1.29 is 57.0 Å². The molecule has 0 spiro atoms. The Bertz CT molecular complexity index is 4250. The third-order valence-electron chi connectivity index (χ3n) is 20.9. The number of nitrogens with one attached hydrogen (secondary N) is 9. The predicted octanol–water partition coefficient (Wildman–Crippen LogP) is 2.71. The molecule has 28 heteroatoms. The first-order valence-corrected chi connectivity index (χ1v) is 39.1. The number of nitrogens with zero attached hydrogens (tertiary/aromatic N) is 3. The van der Waals surface area contributed by atoms with Crippen LogP contribution in [0.25, 0.3) is 16.5 Å². The number of hydrogen-bond acceptors (Lipinski definition) is 17. The number of nitrogens with two attached hydrogens (primary N) is 3. The molecule has 17 N–H and O–H groups in total. The number of rotatable bonds is 23. The molecule has 4 aliphatic rings. The van der Waals surface area contributed by atoms with Gasteiger partial charge in [0.2, 0.25) is 41.4 Å². The van der Waals surface area contributed by atoms with Gasteiger partial charge in [-0.3, -0.25) is 48.3 Å². The van der Waals surface area contributed by atoms with Gasteiger partial charge in [-0.05, 0) is 178 Å². The number of allylic oxidation sites excluding steroid dienone is 1.